The van der Waals surface area contributed by atoms with Crippen LogP contribution in [0.2, 0.25) is 0 Å². The number of hydrogen-bond acceptors (Lipinski definition) is 6. The van der Waals surface area contributed by atoms with Gasteiger partial charge in [0.25, 0.3) is 5.69 Å². The number of fused-ring (bicyclic) bond motifs is 1. The fourth-order valence-electron chi connectivity index (χ4n) is 3.71. The first-order valence-corrected chi connectivity index (χ1v) is 10.5. The molecule has 1 atom stereocenters. The quantitative estimate of drug-likeness (QED) is 0.573. The van der Waals surface area contributed by atoms with Crippen molar-refractivity contribution in [3.05, 3.63) is 57.6 Å². The maximum atomic E-state index is 13.2. The minimum absolute atomic E-state index is 0.0609. The average molecular weight is 404 g/mol. The molecule has 0 amide bonds. The van der Waals surface area contributed by atoms with Gasteiger partial charge in [0.15, 0.2) is 11.5 Å². The SMILES string of the molecule is Cc1ccc(S(=O)(=O)N2CCC[C@H]2c2ccc3c(c2)OCCO3)cc1[N+](=O)[O-]. The first kappa shape index (κ1) is 18.7. The van der Waals surface area contributed by atoms with Gasteiger partial charge in [0.1, 0.15) is 13.2 Å². The molecule has 0 spiro atoms. The highest BCUT2D eigenvalue weighted by Crippen LogP contribution is 2.40. The van der Waals surface area contributed by atoms with Gasteiger partial charge >= 0.3 is 0 Å². The molecule has 0 N–H and O–H groups in total. The summed E-state index contributed by atoms with van der Waals surface area (Å²) in [5.74, 6) is 1.26. The van der Waals surface area contributed by atoms with Crippen LogP contribution in [0.25, 0.3) is 0 Å². The van der Waals surface area contributed by atoms with Crippen LogP contribution in [0.5, 0.6) is 11.5 Å². The van der Waals surface area contributed by atoms with E-state index in [0.717, 1.165) is 11.6 Å². The molecule has 0 unspecified atom stereocenters. The zero-order valence-corrected chi connectivity index (χ0v) is 16.1. The molecule has 2 aromatic rings. The van der Waals surface area contributed by atoms with Gasteiger partial charge in [-0.3, -0.25) is 10.1 Å². The van der Waals surface area contributed by atoms with Gasteiger partial charge in [-0.1, -0.05) is 12.1 Å². The summed E-state index contributed by atoms with van der Waals surface area (Å²) in [5.41, 5.74) is 1.05. The highest BCUT2D eigenvalue weighted by Gasteiger charge is 2.37. The van der Waals surface area contributed by atoms with Crippen LogP contribution in [0, 0.1) is 17.0 Å². The number of aryl methyl sites for hydroxylation is 1. The molecule has 4 rings (SSSR count). The molecule has 2 aliphatic rings. The van der Waals surface area contributed by atoms with E-state index in [1.54, 1.807) is 13.0 Å². The van der Waals surface area contributed by atoms with Crippen LogP contribution < -0.4 is 9.47 Å². The zero-order valence-electron chi connectivity index (χ0n) is 15.3. The number of sulfonamides is 1. The van der Waals surface area contributed by atoms with Crippen molar-refractivity contribution in [2.24, 2.45) is 0 Å². The van der Waals surface area contributed by atoms with E-state index >= 15 is 0 Å². The largest absolute Gasteiger partial charge is 0.486 e. The van der Waals surface area contributed by atoms with Crippen molar-refractivity contribution in [3.8, 4) is 11.5 Å². The summed E-state index contributed by atoms with van der Waals surface area (Å²) in [7, 11) is -3.87. The number of ether oxygens (including phenoxy) is 2. The van der Waals surface area contributed by atoms with E-state index in [9.17, 15) is 18.5 Å². The number of nitrogens with zero attached hydrogens (tertiary/aromatic N) is 2. The second kappa shape index (κ2) is 7.06. The predicted molar refractivity (Wildman–Crippen MR) is 101 cm³/mol. The van der Waals surface area contributed by atoms with Crippen molar-refractivity contribution >= 4 is 15.7 Å². The normalized spacial score (nSPS) is 19.5. The third-order valence-electron chi connectivity index (χ3n) is 5.14. The second-order valence-corrected chi connectivity index (χ2v) is 8.77. The Labute approximate surface area is 162 Å². The molecular weight excluding hydrogens is 384 g/mol. The molecule has 2 aliphatic heterocycles. The van der Waals surface area contributed by atoms with Gasteiger partial charge in [0, 0.05) is 18.2 Å². The third kappa shape index (κ3) is 3.20. The van der Waals surface area contributed by atoms with Crippen LogP contribution in [0.1, 0.15) is 30.0 Å². The first-order chi connectivity index (χ1) is 13.4. The lowest BCUT2D eigenvalue weighted by Crippen LogP contribution is -2.31. The van der Waals surface area contributed by atoms with Gasteiger partial charge in [-0.25, -0.2) is 8.42 Å². The lowest BCUT2D eigenvalue weighted by Gasteiger charge is -2.26. The zero-order chi connectivity index (χ0) is 19.9. The molecular formula is C19H20N2O6S. The van der Waals surface area contributed by atoms with Gasteiger partial charge in [0.2, 0.25) is 10.0 Å². The molecule has 0 bridgehead atoms. The lowest BCUT2D eigenvalue weighted by atomic mass is 10.0. The van der Waals surface area contributed by atoms with Crippen LogP contribution in [0.15, 0.2) is 41.3 Å². The molecule has 0 saturated carbocycles. The average Bonchev–Trinajstić information content (AvgIpc) is 3.18. The van der Waals surface area contributed by atoms with Gasteiger partial charge in [0.05, 0.1) is 15.9 Å². The van der Waals surface area contributed by atoms with Gasteiger partial charge in [-0.05, 0) is 43.5 Å². The number of nitro benzene ring substituents is 1. The summed E-state index contributed by atoms with van der Waals surface area (Å²) < 4.78 is 39.1. The Morgan fingerprint density at radius 2 is 1.86 bits per heavy atom. The summed E-state index contributed by atoms with van der Waals surface area (Å²) in [4.78, 5) is 10.6. The van der Waals surface area contributed by atoms with Crippen molar-refractivity contribution in [1.82, 2.24) is 4.31 Å². The number of benzene rings is 2. The molecule has 1 saturated heterocycles. The van der Waals surface area contributed by atoms with Crippen molar-refractivity contribution in [2.45, 2.75) is 30.7 Å². The minimum Gasteiger partial charge on any atom is -0.486 e. The van der Waals surface area contributed by atoms with Crippen LogP contribution in [-0.2, 0) is 10.0 Å². The molecule has 8 nitrogen and oxygen atoms in total. The highest BCUT2D eigenvalue weighted by atomic mass is 32.2. The van der Waals surface area contributed by atoms with E-state index in [0.29, 0.717) is 49.7 Å². The van der Waals surface area contributed by atoms with E-state index in [1.807, 2.05) is 12.1 Å². The summed E-state index contributed by atoms with van der Waals surface area (Å²) in [6.07, 6.45) is 1.39. The maximum Gasteiger partial charge on any atom is 0.273 e. The molecule has 148 valence electrons. The smallest absolute Gasteiger partial charge is 0.273 e. The standard InChI is InChI=1S/C19H20N2O6S/c1-13-4-6-15(12-17(13)21(22)23)28(24,25)20-8-2-3-16(20)14-5-7-18-19(11-14)27-10-9-26-18/h4-7,11-12,16H,2-3,8-10H2,1H3/t16-/m0/s1. The van der Waals surface area contributed by atoms with E-state index in [2.05, 4.69) is 0 Å². The first-order valence-electron chi connectivity index (χ1n) is 9.04. The Balaban J connectivity index is 1.70. The summed E-state index contributed by atoms with van der Waals surface area (Å²) in [6, 6.07) is 9.17. The number of nitro groups is 1. The molecule has 28 heavy (non-hydrogen) atoms. The molecule has 9 heteroatoms. The van der Waals surface area contributed by atoms with Crippen LogP contribution in [-0.4, -0.2) is 37.4 Å². The van der Waals surface area contributed by atoms with Gasteiger partial charge in [-0.15, -0.1) is 0 Å². The molecule has 0 aliphatic carbocycles. The summed E-state index contributed by atoms with van der Waals surface area (Å²) in [6.45, 7) is 2.89. The monoisotopic (exact) mass is 404 g/mol. The van der Waals surface area contributed by atoms with Crippen LogP contribution in [0.3, 0.4) is 0 Å². The molecule has 2 aromatic carbocycles. The van der Waals surface area contributed by atoms with Crippen LogP contribution >= 0.6 is 0 Å². The molecule has 0 aromatic heterocycles. The summed E-state index contributed by atoms with van der Waals surface area (Å²) >= 11 is 0. The minimum atomic E-state index is -3.87. The Morgan fingerprint density at radius 1 is 1.11 bits per heavy atom. The Bertz CT molecular complexity index is 1040. The fourth-order valence-corrected chi connectivity index (χ4v) is 5.41. The number of rotatable bonds is 4. The summed E-state index contributed by atoms with van der Waals surface area (Å²) in [5, 5.41) is 11.2. The van der Waals surface area contributed by atoms with Crippen molar-refractivity contribution in [1.29, 1.82) is 0 Å². The topological polar surface area (TPSA) is 99.0 Å². The van der Waals surface area contributed by atoms with Crippen molar-refractivity contribution < 1.29 is 22.8 Å². The van der Waals surface area contributed by atoms with E-state index in [4.69, 9.17) is 9.47 Å². The van der Waals surface area contributed by atoms with Crippen molar-refractivity contribution in [2.75, 3.05) is 19.8 Å². The van der Waals surface area contributed by atoms with E-state index in [-0.39, 0.29) is 16.6 Å². The van der Waals surface area contributed by atoms with E-state index < -0.39 is 14.9 Å². The molecule has 0 radical (unpaired) electrons. The van der Waals surface area contributed by atoms with Gasteiger partial charge < -0.3 is 9.47 Å². The lowest BCUT2D eigenvalue weighted by molar-refractivity contribution is -0.385. The Kier molecular flexibility index (Phi) is 4.72. The molecule has 2 heterocycles. The van der Waals surface area contributed by atoms with E-state index in [1.165, 1.54) is 16.4 Å². The third-order valence-corrected chi connectivity index (χ3v) is 7.04. The molecule has 1 fully saturated rings. The fraction of sp³-hybridized carbons (Fsp3) is 0.368. The predicted octanol–water partition coefficient (Wildman–Crippen LogP) is 3.20. The Hall–Kier alpha value is -2.65. The number of hydrogen-bond donors (Lipinski definition) is 0. The highest BCUT2D eigenvalue weighted by molar-refractivity contribution is 7.89. The second-order valence-electron chi connectivity index (χ2n) is 6.88. The van der Waals surface area contributed by atoms with Crippen LogP contribution in [0.4, 0.5) is 5.69 Å². The Morgan fingerprint density at radius 3 is 2.61 bits per heavy atom. The van der Waals surface area contributed by atoms with Gasteiger partial charge in [-0.2, -0.15) is 4.31 Å². The maximum absolute atomic E-state index is 13.2. The van der Waals surface area contributed by atoms with Crippen molar-refractivity contribution in [3.63, 3.8) is 0 Å².